The van der Waals surface area contributed by atoms with Crippen molar-refractivity contribution in [3.63, 3.8) is 0 Å². The number of hydrogen-bond donors (Lipinski definition) is 1. The quantitative estimate of drug-likeness (QED) is 0.907. The van der Waals surface area contributed by atoms with Crippen LogP contribution in [-0.4, -0.2) is 42.4 Å². The molecule has 1 aromatic carbocycles. The zero-order valence-electron chi connectivity index (χ0n) is 10.5. The summed E-state index contributed by atoms with van der Waals surface area (Å²) in [6.45, 7) is 3.27. The summed E-state index contributed by atoms with van der Waals surface area (Å²) >= 11 is 3.43. The van der Waals surface area contributed by atoms with Crippen LogP contribution in [0.2, 0.25) is 0 Å². The molecular formula is C14H20BrNO2. The van der Waals surface area contributed by atoms with Gasteiger partial charge in [0.1, 0.15) is 18.5 Å². The zero-order chi connectivity index (χ0) is 12.8. The van der Waals surface area contributed by atoms with Gasteiger partial charge in [0, 0.05) is 6.54 Å². The molecule has 1 aromatic rings. The molecule has 1 aliphatic rings. The predicted molar refractivity (Wildman–Crippen MR) is 75.9 cm³/mol. The van der Waals surface area contributed by atoms with Gasteiger partial charge >= 0.3 is 0 Å². The number of likely N-dealkylation sites (tertiary alicyclic amines) is 1. The fraction of sp³-hybridized carbons (Fsp3) is 0.571. The fourth-order valence-corrected chi connectivity index (χ4v) is 2.64. The van der Waals surface area contributed by atoms with Gasteiger partial charge in [-0.25, -0.2) is 0 Å². The Morgan fingerprint density at radius 1 is 1.22 bits per heavy atom. The van der Waals surface area contributed by atoms with Gasteiger partial charge in [0.05, 0.1) is 4.47 Å². The summed E-state index contributed by atoms with van der Waals surface area (Å²) in [5, 5.41) is 9.97. The molecule has 3 nitrogen and oxygen atoms in total. The van der Waals surface area contributed by atoms with Crippen LogP contribution in [-0.2, 0) is 0 Å². The van der Waals surface area contributed by atoms with Crippen LogP contribution in [0.25, 0.3) is 0 Å². The molecule has 4 heteroatoms. The van der Waals surface area contributed by atoms with E-state index in [9.17, 15) is 5.11 Å². The summed E-state index contributed by atoms with van der Waals surface area (Å²) in [6, 6.07) is 7.71. The number of benzene rings is 1. The summed E-state index contributed by atoms with van der Waals surface area (Å²) in [5.74, 6) is 0.787. The van der Waals surface area contributed by atoms with Gasteiger partial charge in [0.25, 0.3) is 0 Å². The number of hydrogen-bond acceptors (Lipinski definition) is 3. The molecule has 0 spiro atoms. The molecule has 1 saturated heterocycles. The number of aliphatic hydroxyl groups is 1. The van der Waals surface area contributed by atoms with E-state index in [2.05, 4.69) is 20.8 Å². The lowest BCUT2D eigenvalue weighted by atomic mass is 10.1. The summed E-state index contributed by atoms with van der Waals surface area (Å²) in [4.78, 5) is 2.32. The van der Waals surface area contributed by atoms with Crippen LogP contribution < -0.4 is 4.74 Å². The predicted octanol–water partition coefficient (Wildman–Crippen LogP) is 2.67. The normalized spacial score (nSPS) is 18.6. The SMILES string of the molecule is O[C@@H](COc1ccccc1Br)CN1CCCCC1. The van der Waals surface area contributed by atoms with Crippen molar-refractivity contribution in [3.8, 4) is 5.75 Å². The minimum Gasteiger partial charge on any atom is -0.490 e. The molecule has 100 valence electrons. The Labute approximate surface area is 117 Å². The van der Waals surface area contributed by atoms with Crippen LogP contribution in [0.15, 0.2) is 28.7 Å². The van der Waals surface area contributed by atoms with E-state index in [4.69, 9.17) is 4.74 Å². The van der Waals surface area contributed by atoms with Gasteiger partial charge in [-0.3, -0.25) is 0 Å². The molecule has 0 unspecified atom stereocenters. The molecule has 1 fully saturated rings. The van der Waals surface area contributed by atoms with Gasteiger partial charge in [0.15, 0.2) is 0 Å². The largest absolute Gasteiger partial charge is 0.490 e. The molecule has 0 radical (unpaired) electrons. The van der Waals surface area contributed by atoms with Crippen molar-refractivity contribution in [2.24, 2.45) is 0 Å². The molecule has 0 amide bonds. The van der Waals surface area contributed by atoms with Crippen molar-refractivity contribution in [2.75, 3.05) is 26.2 Å². The molecule has 0 aromatic heterocycles. The molecule has 1 aliphatic heterocycles. The maximum absolute atomic E-state index is 9.97. The minimum atomic E-state index is -0.421. The maximum atomic E-state index is 9.97. The average Bonchev–Trinajstić information content (AvgIpc) is 2.39. The number of aliphatic hydroxyl groups excluding tert-OH is 1. The minimum absolute atomic E-state index is 0.346. The Balaban J connectivity index is 1.74. The third-order valence-corrected chi connectivity index (χ3v) is 3.84. The first-order valence-electron chi connectivity index (χ1n) is 6.53. The zero-order valence-corrected chi connectivity index (χ0v) is 12.1. The van der Waals surface area contributed by atoms with E-state index in [0.29, 0.717) is 13.2 Å². The lowest BCUT2D eigenvalue weighted by Crippen LogP contribution is -2.38. The second-order valence-corrected chi connectivity index (χ2v) is 5.61. The van der Waals surface area contributed by atoms with E-state index < -0.39 is 6.10 Å². The highest BCUT2D eigenvalue weighted by Crippen LogP contribution is 2.23. The highest BCUT2D eigenvalue weighted by molar-refractivity contribution is 9.10. The van der Waals surface area contributed by atoms with Crippen molar-refractivity contribution in [3.05, 3.63) is 28.7 Å². The van der Waals surface area contributed by atoms with E-state index in [0.717, 1.165) is 23.3 Å². The van der Waals surface area contributed by atoms with E-state index in [1.807, 2.05) is 24.3 Å². The highest BCUT2D eigenvalue weighted by atomic mass is 79.9. The van der Waals surface area contributed by atoms with E-state index in [1.165, 1.54) is 19.3 Å². The first-order chi connectivity index (χ1) is 8.75. The Morgan fingerprint density at radius 2 is 1.94 bits per heavy atom. The van der Waals surface area contributed by atoms with Crippen molar-refractivity contribution in [1.82, 2.24) is 4.90 Å². The summed E-state index contributed by atoms with van der Waals surface area (Å²) < 4.78 is 6.54. The molecule has 2 rings (SSSR count). The van der Waals surface area contributed by atoms with Crippen LogP contribution in [0.3, 0.4) is 0 Å². The van der Waals surface area contributed by atoms with E-state index >= 15 is 0 Å². The van der Waals surface area contributed by atoms with E-state index in [-0.39, 0.29) is 0 Å². The Hall–Kier alpha value is -0.580. The van der Waals surface area contributed by atoms with Crippen LogP contribution in [0.4, 0.5) is 0 Å². The lowest BCUT2D eigenvalue weighted by molar-refractivity contribution is 0.0615. The molecule has 0 saturated carbocycles. The number of rotatable bonds is 5. The summed E-state index contributed by atoms with van der Waals surface area (Å²) in [6.07, 6.45) is 3.39. The number of β-amino-alcohol motifs (C(OH)–C–C–N with tert-alkyl or cyclic N) is 1. The third-order valence-electron chi connectivity index (χ3n) is 3.19. The molecular weight excluding hydrogens is 294 g/mol. The van der Waals surface area contributed by atoms with Crippen LogP contribution >= 0.6 is 15.9 Å². The number of piperidine rings is 1. The van der Waals surface area contributed by atoms with Crippen LogP contribution in [0, 0.1) is 0 Å². The monoisotopic (exact) mass is 313 g/mol. The lowest BCUT2D eigenvalue weighted by Gasteiger charge is -2.28. The standard InChI is InChI=1S/C14H20BrNO2/c15-13-6-2-3-7-14(13)18-11-12(17)10-16-8-4-1-5-9-16/h2-3,6-7,12,17H,1,4-5,8-11H2/t12-/m1/s1. The van der Waals surface area contributed by atoms with Gasteiger partial charge in [-0.1, -0.05) is 18.6 Å². The molecule has 0 aliphatic carbocycles. The molecule has 1 N–H and O–H groups in total. The van der Waals surface area contributed by atoms with Crippen LogP contribution in [0.5, 0.6) is 5.75 Å². The number of nitrogens with zero attached hydrogens (tertiary/aromatic N) is 1. The van der Waals surface area contributed by atoms with Crippen LogP contribution in [0.1, 0.15) is 19.3 Å². The molecule has 0 bridgehead atoms. The van der Waals surface area contributed by atoms with Gasteiger partial charge in [-0.05, 0) is 54.0 Å². The van der Waals surface area contributed by atoms with Crippen molar-refractivity contribution in [2.45, 2.75) is 25.4 Å². The summed E-state index contributed by atoms with van der Waals surface area (Å²) in [7, 11) is 0. The number of para-hydroxylation sites is 1. The van der Waals surface area contributed by atoms with Gasteiger partial charge < -0.3 is 14.7 Å². The highest BCUT2D eigenvalue weighted by Gasteiger charge is 2.15. The second-order valence-electron chi connectivity index (χ2n) is 4.76. The average molecular weight is 314 g/mol. The topological polar surface area (TPSA) is 32.7 Å². The van der Waals surface area contributed by atoms with Gasteiger partial charge in [-0.15, -0.1) is 0 Å². The number of halogens is 1. The molecule has 1 atom stereocenters. The Morgan fingerprint density at radius 3 is 2.67 bits per heavy atom. The van der Waals surface area contributed by atoms with Gasteiger partial charge in [-0.2, -0.15) is 0 Å². The second kappa shape index (κ2) is 7.12. The molecule has 1 heterocycles. The Kier molecular flexibility index (Phi) is 5.47. The third kappa shape index (κ3) is 4.26. The number of ether oxygens (including phenoxy) is 1. The fourth-order valence-electron chi connectivity index (χ4n) is 2.24. The van der Waals surface area contributed by atoms with Crippen molar-refractivity contribution < 1.29 is 9.84 Å². The van der Waals surface area contributed by atoms with Crippen molar-refractivity contribution >= 4 is 15.9 Å². The van der Waals surface area contributed by atoms with Gasteiger partial charge in [0.2, 0.25) is 0 Å². The maximum Gasteiger partial charge on any atom is 0.133 e. The molecule has 18 heavy (non-hydrogen) atoms. The first-order valence-corrected chi connectivity index (χ1v) is 7.33. The Bertz CT molecular complexity index is 367. The smallest absolute Gasteiger partial charge is 0.133 e. The first kappa shape index (κ1) is 13.8. The summed E-state index contributed by atoms with van der Waals surface area (Å²) in [5.41, 5.74) is 0. The van der Waals surface area contributed by atoms with E-state index in [1.54, 1.807) is 0 Å². The van der Waals surface area contributed by atoms with Crippen molar-refractivity contribution in [1.29, 1.82) is 0 Å².